The molecule has 7 nitrogen and oxygen atoms in total. The summed E-state index contributed by atoms with van der Waals surface area (Å²) in [5.41, 5.74) is -2.18. The number of H-pyrrole nitrogens is 1. The van der Waals surface area contributed by atoms with Crippen LogP contribution in [0.15, 0.2) is 4.79 Å². The zero-order valence-electron chi connectivity index (χ0n) is 8.75. The maximum Gasteiger partial charge on any atom is 0.471 e. The van der Waals surface area contributed by atoms with Crippen LogP contribution in [0.2, 0.25) is 0 Å². The summed E-state index contributed by atoms with van der Waals surface area (Å²) in [5.74, 6) is -4.67. The fourth-order valence-corrected chi connectivity index (χ4v) is 1.08. The van der Waals surface area contributed by atoms with Gasteiger partial charge in [0.15, 0.2) is 0 Å². The van der Waals surface area contributed by atoms with E-state index in [0.717, 1.165) is 6.92 Å². The number of nitrogens with one attached hydrogen (secondary N) is 2. The molecule has 0 atom stereocenters. The van der Waals surface area contributed by atoms with Gasteiger partial charge in [0.2, 0.25) is 5.95 Å². The van der Waals surface area contributed by atoms with Crippen LogP contribution in [0.4, 0.5) is 19.1 Å². The van der Waals surface area contributed by atoms with Crippen LogP contribution in [0.3, 0.4) is 0 Å². The highest BCUT2D eigenvalue weighted by molar-refractivity contribution is 5.94. The Morgan fingerprint density at radius 2 is 1.94 bits per heavy atom. The number of amides is 1. The van der Waals surface area contributed by atoms with Crippen LogP contribution in [0.1, 0.15) is 16.1 Å². The number of hydrogen-bond donors (Lipinski definition) is 3. The van der Waals surface area contributed by atoms with Gasteiger partial charge >= 0.3 is 18.1 Å². The van der Waals surface area contributed by atoms with E-state index in [1.54, 1.807) is 4.98 Å². The number of carbonyl (C=O) groups excluding carboxylic acids is 1. The van der Waals surface area contributed by atoms with Crippen molar-refractivity contribution in [3.8, 4) is 0 Å². The van der Waals surface area contributed by atoms with Crippen LogP contribution in [0.25, 0.3) is 0 Å². The molecule has 1 heterocycles. The highest BCUT2D eigenvalue weighted by atomic mass is 19.4. The first-order valence-corrected chi connectivity index (χ1v) is 4.35. The first-order valence-electron chi connectivity index (χ1n) is 4.35. The quantitative estimate of drug-likeness (QED) is 0.710. The van der Waals surface area contributed by atoms with Crippen molar-refractivity contribution in [1.29, 1.82) is 0 Å². The Balaban J connectivity index is 3.13. The summed E-state index contributed by atoms with van der Waals surface area (Å²) in [6, 6.07) is 0. The number of halogens is 3. The van der Waals surface area contributed by atoms with Crippen LogP contribution in [0.5, 0.6) is 0 Å². The summed E-state index contributed by atoms with van der Waals surface area (Å²) in [7, 11) is 0. The molecule has 1 aromatic rings. The number of carboxylic acid groups (broad SMARTS) is 1. The smallest absolute Gasteiger partial charge is 0.471 e. The number of carboxylic acids is 1. The Hall–Kier alpha value is -2.39. The molecule has 0 aliphatic heterocycles. The molecular weight excluding hydrogens is 259 g/mol. The third-order valence-corrected chi connectivity index (χ3v) is 1.80. The second-order valence-corrected chi connectivity index (χ2v) is 3.13. The highest BCUT2D eigenvalue weighted by Crippen LogP contribution is 2.16. The molecule has 0 spiro atoms. The van der Waals surface area contributed by atoms with E-state index >= 15 is 0 Å². The predicted octanol–water partition coefficient (Wildman–Crippen LogP) is 0.277. The van der Waals surface area contributed by atoms with E-state index in [-0.39, 0.29) is 5.69 Å². The molecule has 1 rings (SSSR count). The number of hydrogen-bond acceptors (Lipinski definition) is 4. The van der Waals surface area contributed by atoms with Crippen molar-refractivity contribution in [2.45, 2.75) is 13.1 Å². The largest absolute Gasteiger partial charge is 0.477 e. The summed E-state index contributed by atoms with van der Waals surface area (Å²) < 4.78 is 35.8. The van der Waals surface area contributed by atoms with Crippen molar-refractivity contribution < 1.29 is 27.9 Å². The SMILES string of the molecule is Cc1nc(NC(=O)C(F)(F)F)[nH]c(=O)c1C(=O)O. The molecule has 0 unspecified atom stereocenters. The fourth-order valence-electron chi connectivity index (χ4n) is 1.08. The Morgan fingerprint density at radius 3 is 2.33 bits per heavy atom. The maximum atomic E-state index is 11.9. The Morgan fingerprint density at radius 1 is 1.39 bits per heavy atom. The third kappa shape index (κ3) is 2.84. The van der Waals surface area contributed by atoms with E-state index in [1.807, 2.05) is 0 Å². The van der Waals surface area contributed by atoms with Gasteiger partial charge in [-0.3, -0.25) is 19.9 Å². The Bertz CT molecular complexity index is 564. The Labute approximate surface area is 96.7 Å². The van der Waals surface area contributed by atoms with Gasteiger partial charge in [-0.2, -0.15) is 13.2 Å². The zero-order chi connectivity index (χ0) is 14.1. The molecule has 0 radical (unpaired) electrons. The summed E-state index contributed by atoms with van der Waals surface area (Å²) in [6.07, 6.45) is -5.14. The molecule has 0 bridgehead atoms. The molecule has 0 saturated heterocycles. The second-order valence-electron chi connectivity index (χ2n) is 3.13. The van der Waals surface area contributed by atoms with Crippen LogP contribution < -0.4 is 10.9 Å². The maximum absolute atomic E-state index is 11.9. The summed E-state index contributed by atoms with van der Waals surface area (Å²) in [6.45, 7) is 1.11. The average Bonchev–Trinajstić information content (AvgIpc) is 2.13. The average molecular weight is 265 g/mol. The number of carbonyl (C=O) groups is 2. The highest BCUT2D eigenvalue weighted by Gasteiger charge is 2.39. The lowest BCUT2D eigenvalue weighted by Gasteiger charge is -2.08. The molecule has 3 N–H and O–H groups in total. The number of aromatic nitrogens is 2. The van der Waals surface area contributed by atoms with Gasteiger partial charge < -0.3 is 5.11 Å². The summed E-state index contributed by atoms with van der Waals surface area (Å²) in [5, 5.41) is 9.93. The number of rotatable bonds is 2. The van der Waals surface area contributed by atoms with Crippen molar-refractivity contribution in [1.82, 2.24) is 9.97 Å². The minimum Gasteiger partial charge on any atom is -0.477 e. The number of aryl methyl sites for hydroxylation is 1. The van der Waals surface area contributed by atoms with Crippen LogP contribution in [0, 0.1) is 6.92 Å². The minimum absolute atomic E-state index is 0.316. The minimum atomic E-state index is -5.14. The van der Waals surface area contributed by atoms with E-state index in [1.165, 1.54) is 5.32 Å². The summed E-state index contributed by atoms with van der Waals surface area (Å²) in [4.78, 5) is 37.5. The lowest BCUT2D eigenvalue weighted by molar-refractivity contribution is -0.167. The molecular formula is C8H6F3N3O4. The van der Waals surface area contributed by atoms with Crippen molar-refractivity contribution in [3.05, 3.63) is 21.6 Å². The van der Waals surface area contributed by atoms with E-state index < -0.39 is 35.1 Å². The van der Waals surface area contributed by atoms with E-state index in [0.29, 0.717) is 0 Å². The van der Waals surface area contributed by atoms with Crippen LogP contribution in [-0.4, -0.2) is 33.1 Å². The van der Waals surface area contributed by atoms with Gasteiger partial charge in [-0.1, -0.05) is 0 Å². The first-order chi connectivity index (χ1) is 8.12. The second kappa shape index (κ2) is 4.47. The van der Waals surface area contributed by atoms with E-state index in [2.05, 4.69) is 4.98 Å². The molecule has 0 fully saturated rings. The van der Waals surface area contributed by atoms with E-state index in [4.69, 9.17) is 5.11 Å². The normalized spacial score (nSPS) is 11.1. The van der Waals surface area contributed by atoms with E-state index in [9.17, 15) is 27.6 Å². The van der Waals surface area contributed by atoms with Crippen molar-refractivity contribution >= 4 is 17.8 Å². The Kier molecular flexibility index (Phi) is 3.39. The molecule has 0 aromatic carbocycles. The molecule has 98 valence electrons. The first kappa shape index (κ1) is 13.7. The van der Waals surface area contributed by atoms with Crippen molar-refractivity contribution in [2.75, 3.05) is 5.32 Å². The number of aromatic amines is 1. The van der Waals surface area contributed by atoms with Crippen LogP contribution in [-0.2, 0) is 4.79 Å². The molecule has 0 aliphatic carbocycles. The summed E-state index contributed by atoms with van der Waals surface area (Å²) >= 11 is 0. The lowest BCUT2D eigenvalue weighted by atomic mass is 10.2. The van der Waals surface area contributed by atoms with Gasteiger partial charge in [-0.05, 0) is 6.92 Å². The number of anilines is 1. The molecule has 18 heavy (non-hydrogen) atoms. The van der Waals surface area contributed by atoms with Crippen molar-refractivity contribution in [2.24, 2.45) is 0 Å². The monoisotopic (exact) mass is 265 g/mol. The molecule has 0 aliphatic rings. The van der Waals surface area contributed by atoms with Gasteiger partial charge in [0.1, 0.15) is 5.56 Å². The number of aromatic carboxylic acids is 1. The lowest BCUT2D eigenvalue weighted by Crippen LogP contribution is -2.32. The number of nitrogens with zero attached hydrogens (tertiary/aromatic N) is 1. The van der Waals surface area contributed by atoms with Crippen LogP contribution >= 0.6 is 0 Å². The zero-order valence-corrected chi connectivity index (χ0v) is 8.75. The topological polar surface area (TPSA) is 112 Å². The third-order valence-electron chi connectivity index (χ3n) is 1.80. The van der Waals surface area contributed by atoms with Gasteiger partial charge in [0.25, 0.3) is 5.56 Å². The van der Waals surface area contributed by atoms with Gasteiger partial charge in [-0.25, -0.2) is 9.78 Å². The number of alkyl halides is 3. The molecule has 10 heteroatoms. The molecule has 0 saturated carbocycles. The van der Waals surface area contributed by atoms with Gasteiger partial charge in [0.05, 0.1) is 5.69 Å². The fraction of sp³-hybridized carbons (Fsp3) is 0.250. The molecule has 1 aromatic heterocycles. The van der Waals surface area contributed by atoms with Gasteiger partial charge in [-0.15, -0.1) is 0 Å². The van der Waals surface area contributed by atoms with Crippen molar-refractivity contribution in [3.63, 3.8) is 0 Å². The molecule has 1 amide bonds. The van der Waals surface area contributed by atoms with Gasteiger partial charge in [0, 0.05) is 0 Å². The standard InChI is InChI=1S/C8H6F3N3O4/c1-2-3(5(16)17)4(15)13-7(12-2)14-6(18)8(9,10)11/h1H3,(H,16,17)(H2,12,13,14,15,18). The predicted molar refractivity (Wildman–Crippen MR) is 51.2 cm³/mol.